The number of carbonyl (C=O) groups is 1. The van der Waals surface area contributed by atoms with Gasteiger partial charge < -0.3 is 16.2 Å². The Kier molecular flexibility index (Phi) is 3.50. The minimum atomic E-state index is -1.34. The van der Waals surface area contributed by atoms with Crippen molar-refractivity contribution in [3.05, 3.63) is 35.7 Å². The highest BCUT2D eigenvalue weighted by Crippen LogP contribution is 2.23. The van der Waals surface area contributed by atoms with Crippen molar-refractivity contribution < 1.29 is 14.3 Å². The number of carboxylic acid groups (broad SMARTS) is 1. The van der Waals surface area contributed by atoms with Gasteiger partial charge in [-0.05, 0) is 19.1 Å². The summed E-state index contributed by atoms with van der Waals surface area (Å²) in [7, 11) is 0. The summed E-state index contributed by atoms with van der Waals surface area (Å²) in [5, 5.41) is 11.5. The third-order valence-electron chi connectivity index (χ3n) is 1.95. The van der Waals surface area contributed by atoms with E-state index < -0.39 is 17.3 Å². The van der Waals surface area contributed by atoms with E-state index in [1.807, 2.05) is 6.92 Å². The van der Waals surface area contributed by atoms with Crippen molar-refractivity contribution in [2.24, 2.45) is 0 Å². The molecule has 0 bridgehead atoms. The van der Waals surface area contributed by atoms with Crippen LogP contribution in [-0.4, -0.2) is 17.6 Å². The Bertz CT molecular complexity index is 444. The molecule has 5 heteroatoms. The van der Waals surface area contributed by atoms with Gasteiger partial charge in [-0.15, -0.1) is 0 Å². The molecule has 0 amide bonds. The average Bonchev–Trinajstić information content (AvgIpc) is 2.18. The number of nitrogens with one attached hydrogen (secondary N) is 1. The maximum absolute atomic E-state index is 13.3. The molecule has 1 aromatic carbocycles. The molecule has 0 saturated carbocycles. The molecule has 0 saturated heterocycles. The maximum atomic E-state index is 13.3. The number of hydrogen-bond donors (Lipinski definition) is 3. The SMILES string of the molecule is C=C(C)CNc1cc(F)c(C(=O)O)cc1N. The Morgan fingerprint density at radius 2 is 2.25 bits per heavy atom. The van der Waals surface area contributed by atoms with Gasteiger partial charge >= 0.3 is 5.97 Å². The van der Waals surface area contributed by atoms with Gasteiger partial charge in [0.25, 0.3) is 0 Å². The van der Waals surface area contributed by atoms with E-state index >= 15 is 0 Å². The molecule has 86 valence electrons. The Morgan fingerprint density at radius 1 is 1.62 bits per heavy atom. The van der Waals surface area contributed by atoms with E-state index in [0.29, 0.717) is 12.2 Å². The Hall–Kier alpha value is -2.04. The largest absolute Gasteiger partial charge is 0.478 e. The molecule has 0 fully saturated rings. The van der Waals surface area contributed by atoms with Gasteiger partial charge in [0.2, 0.25) is 0 Å². The Balaban J connectivity index is 3.01. The number of benzene rings is 1. The zero-order valence-electron chi connectivity index (χ0n) is 8.88. The molecular weight excluding hydrogens is 211 g/mol. The second-order valence-corrected chi connectivity index (χ2v) is 3.54. The highest BCUT2D eigenvalue weighted by molar-refractivity contribution is 5.90. The van der Waals surface area contributed by atoms with Gasteiger partial charge in [0.05, 0.1) is 16.9 Å². The molecule has 0 aliphatic heterocycles. The molecule has 0 atom stereocenters. The van der Waals surface area contributed by atoms with Gasteiger partial charge in [-0.2, -0.15) is 0 Å². The second kappa shape index (κ2) is 4.65. The van der Waals surface area contributed by atoms with E-state index in [1.54, 1.807) is 0 Å². The number of rotatable bonds is 4. The second-order valence-electron chi connectivity index (χ2n) is 3.54. The van der Waals surface area contributed by atoms with Crippen LogP contribution in [0.5, 0.6) is 0 Å². The fourth-order valence-corrected chi connectivity index (χ4v) is 1.15. The number of nitrogen functional groups attached to an aromatic ring is 1. The standard InChI is InChI=1S/C11H13FN2O2/c1-6(2)5-14-10-4-8(12)7(11(15)16)3-9(10)13/h3-4,14H,1,5,13H2,2H3,(H,15,16). The van der Waals surface area contributed by atoms with Crippen LogP contribution in [0.1, 0.15) is 17.3 Å². The molecule has 1 rings (SSSR count). The number of aromatic carboxylic acids is 1. The van der Waals surface area contributed by atoms with Crippen LogP contribution in [0.2, 0.25) is 0 Å². The number of carboxylic acids is 1. The normalized spacial score (nSPS) is 9.88. The first-order chi connectivity index (χ1) is 7.41. The Labute approximate surface area is 92.6 Å². The van der Waals surface area contributed by atoms with Crippen molar-refractivity contribution in [2.45, 2.75) is 6.92 Å². The van der Waals surface area contributed by atoms with Gasteiger partial charge in [-0.3, -0.25) is 0 Å². The summed E-state index contributed by atoms with van der Waals surface area (Å²) in [6.45, 7) is 5.94. The lowest BCUT2D eigenvalue weighted by molar-refractivity contribution is 0.0692. The van der Waals surface area contributed by atoms with E-state index in [9.17, 15) is 9.18 Å². The molecule has 0 radical (unpaired) electrons. The number of halogens is 1. The molecule has 0 aromatic heterocycles. The lowest BCUT2D eigenvalue weighted by Gasteiger charge is -2.10. The smallest absolute Gasteiger partial charge is 0.338 e. The topological polar surface area (TPSA) is 75.3 Å². The number of hydrogen-bond acceptors (Lipinski definition) is 3. The molecule has 4 N–H and O–H groups in total. The lowest BCUT2D eigenvalue weighted by Crippen LogP contribution is -2.08. The predicted molar refractivity (Wildman–Crippen MR) is 61.1 cm³/mol. The first kappa shape index (κ1) is 12.0. The molecular formula is C11H13FN2O2. The molecule has 1 aromatic rings. The highest BCUT2D eigenvalue weighted by Gasteiger charge is 2.13. The summed E-state index contributed by atoms with van der Waals surface area (Å²) in [5.74, 6) is -2.15. The highest BCUT2D eigenvalue weighted by atomic mass is 19.1. The van der Waals surface area contributed by atoms with Crippen molar-refractivity contribution in [1.29, 1.82) is 0 Å². The summed E-state index contributed by atoms with van der Waals surface area (Å²) in [6.07, 6.45) is 0. The maximum Gasteiger partial charge on any atom is 0.338 e. The van der Waals surface area contributed by atoms with Gasteiger partial charge in [0.1, 0.15) is 5.82 Å². The Morgan fingerprint density at radius 3 is 2.75 bits per heavy atom. The predicted octanol–water partition coefficient (Wildman–Crippen LogP) is 2.09. The molecule has 0 aliphatic rings. The number of nitrogens with two attached hydrogens (primary N) is 1. The van der Waals surface area contributed by atoms with Crippen molar-refractivity contribution in [3.63, 3.8) is 0 Å². The van der Waals surface area contributed by atoms with Crippen molar-refractivity contribution in [3.8, 4) is 0 Å². The van der Waals surface area contributed by atoms with Crippen LogP contribution in [0.25, 0.3) is 0 Å². The molecule has 4 nitrogen and oxygen atoms in total. The van der Waals surface area contributed by atoms with Crippen LogP contribution in [0, 0.1) is 5.82 Å². The monoisotopic (exact) mass is 224 g/mol. The van der Waals surface area contributed by atoms with E-state index in [2.05, 4.69) is 11.9 Å². The van der Waals surface area contributed by atoms with Crippen LogP contribution in [-0.2, 0) is 0 Å². The first-order valence-electron chi connectivity index (χ1n) is 4.62. The van der Waals surface area contributed by atoms with Crippen LogP contribution in [0.4, 0.5) is 15.8 Å². The fourth-order valence-electron chi connectivity index (χ4n) is 1.15. The van der Waals surface area contributed by atoms with Crippen molar-refractivity contribution >= 4 is 17.3 Å². The molecule has 0 heterocycles. The van der Waals surface area contributed by atoms with Gasteiger partial charge in [0, 0.05) is 6.54 Å². The first-order valence-corrected chi connectivity index (χ1v) is 4.62. The fraction of sp³-hybridized carbons (Fsp3) is 0.182. The summed E-state index contributed by atoms with van der Waals surface area (Å²) in [5.41, 5.74) is 6.58. The van der Waals surface area contributed by atoms with E-state index in [4.69, 9.17) is 10.8 Å². The number of anilines is 2. The third-order valence-corrected chi connectivity index (χ3v) is 1.95. The third kappa shape index (κ3) is 2.73. The minimum absolute atomic E-state index is 0.194. The van der Waals surface area contributed by atoms with Crippen molar-refractivity contribution in [2.75, 3.05) is 17.6 Å². The summed E-state index contributed by atoms with van der Waals surface area (Å²) >= 11 is 0. The zero-order chi connectivity index (χ0) is 12.3. The van der Waals surface area contributed by atoms with Crippen LogP contribution >= 0.6 is 0 Å². The van der Waals surface area contributed by atoms with E-state index in [1.165, 1.54) is 0 Å². The molecule has 0 spiro atoms. The lowest BCUT2D eigenvalue weighted by atomic mass is 10.1. The molecule has 0 aliphatic carbocycles. The quantitative estimate of drug-likeness (QED) is 0.540. The van der Waals surface area contributed by atoms with Crippen LogP contribution in [0.15, 0.2) is 24.3 Å². The van der Waals surface area contributed by atoms with Gasteiger partial charge in [-0.1, -0.05) is 12.2 Å². The zero-order valence-corrected chi connectivity index (χ0v) is 8.88. The van der Waals surface area contributed by atoms with Crippen LogP contribution < -0.4 is 11.1 Å². The molecule has 16 heavy (non-hydrogen) atoms. The van der Waals surface area contributed by atoms with E-state index in [0.717, 1.165) is 17.7 Å². The average molecular weight is 224 g/mol. The summed E-state index contributed by atoms with van der Waals surface area (Å²) in [4.78, 5) is 10.6. The summed E-state index contributed by atoms with van der Waals surface area (Å²) < 4.78 is 13.3. The van der Waals surface area contributed by atoms with Gasteiger partial charge in [0.15, 0.2) is 0 Å². The van der Waals surface area contributed by atoms with Crippen LogP contribution in [0.3, 0.4) is 0 Å². The summed E-state index contributed by atoms with van der Waals surface area (Å²) in [6, 6.07) is 2.17. The van der Waals surface area contributed by atoms with E-state index in [-0.39, 0.29) is 5.69 Å². The van der Waals surface area contributed by atoms with Crippen molar-refractivity contribution in [1.82, 2.24) is 0 Å². The molecule has 0 unspecified atom stereocenters. The minimum Gasteiger partial charge on any atom is -0.478 e. The van der Waals surface area contributed by atoms with Gasteiger partial charge in [-0.25, -0.2) is 9.18 Å².